The summed E-state index contributed by atoms with van der Waals surface area (Å²) in [5.41, 5.74) is 2.00. The first kappa shape index (κ1) is 15.5. The topological polar surface area (TPSA) is 29.5 Å². The van der Waals surface area contributed by atoms with Gasteiger partial charge in [0.1, 0.15) is 12.1 Å². The van der Waals surface area contributed by atoms with Gasteiger partial charge in [-0.3, -0.25) is 9.69 Å². The lowest BCUT2D eigenvalue weighted by Gasteiger charge is -2.30. The van der Waals surface area contributed by atoms with E-state index in [1.807, 2.05) is 34.6 Å². The molecule has 0 rings (SSSR count). The third-order valence-corrected chi connectivity index (χ3v) is 2.62. The van der Waals surface area contributed by atoms with Gasteiger partial charge in [-0.1, -0.05) is 12.5 Å². The number of allylic oxidation sites excluding steroid dienone is 2. The molecule has 0 aromatic carbocycles. The van der Waals surface area contributed by atoms with Gasteiger partial charge in [0.2, 0.25) is 5.91 Å². The molecule has 94 valence electrons. The molecule has 1 amide bonds. The fourth-order valence-corrected chi connectivity index (χ4v) is 1.46. The van der Waals surface area contributed by atoms with Gasteiger partial charge in [0.05, 0.1) is 0 Å². The van der Waals surface area contributed by atoms with Gasteiger partial charge in [-0.25, -0.2) is 0 Å². The molecule has 0 N–H and O–H groups in total. The summed E-state index contributed by atoms with van der Waals surface area (Å²) in [7, 11) is 0. The average molecular weight is 248 g/mol. The number of nitrogens with zero attached hydrogens (tertiary/aromatic N) is 1. The highest BCUT2D eigenvalue weighted by atomic mass is 35.5. The second kappa shape index (κ2) is 7.69. The van der Waals surface area contributed by atoms with Crippen molar-refractivity contribution in [3.05, 3.63) is 11.3 Å². The SMILES string of the molecule is CCCOC(C)N(C(=O)CCl)C(C)=C(C)C. The zero-order chi connectivity index (χ0) is 12.7. The molecule has 1 atom stereocenters. The van der Waals surface area contributed by atoms with Crippen LogP contribution < -0.4 is 0 Å². The fraction of sp³-hybridized carbons (Fsp3) is 0.750. The molecule has 0 heterocycles. The summed E-state index contributed by atoms with van der Waals surface area (Å²) >= 11 is 5.60. The van der Waals surface area contributed by atoms with Gasteiger partial charge in [0, 0.05) is 12.3 Å². The van der Waals surface area contributed by atoms with Crippen molar-refractivity contribution in [2.75, 3.05) is 12.5 Å². The molecule has 0 aliphatic heterocycles. The van der Waals surface area contributed by atoms with Gasteiger partial charge in [0.15, 0.2) is 0 Å². The average Bonchev–Trinajstić information content (AvgIpc) is 2.25. The number of hydrogen-bond acceptors (Lipinski definition) is 2. The molecule has 0 aliphatic rings. The fourth-order valence-electron chi connectivity index (χ4n) is 1.33. The number of carbonyl (C=O) groups is 1. The van der Waals surface area contributed by atoms with E-state index in [0.29, 0.717) is 6.61 Å². The zero-order valence-corrected chi connectivity index (χ0v) is 11.6. The number of amides is 1. The van der Waals surface area contributed by atoms with Crippen LogP contribution in [0.1, 0.15) is 41.0 Å². The maximum absolute atomic E-state index is 11.7. The van der Waals surface area contributed by atoms with Crippen molar-refractivity contribution in [3.63, 3.8) is 0 Å². The molecule has 0 saturated carbocycles. The predicted octanol–water partition coefficient (Wildman–Crippen LogP) is 3.14. The smallest absolute Gasteiger partial charge is 0.243 e. The second-order valence-corrected chi connectivity index (χ2v) is 4.22. The Labute approximate surface area is 103 Å². The van der Waals surface area contributed by atoms with Crippen LogP contribution in [0, 0.1) is 0 Å². The van der Waals surface area contributed by atoms with Gasteiger partial charge in [-0.05, 0) is 34.1 Å². The Morgan fingerprint density at radius 3 is 2.31 bits per heavy atom. The van der Waals surface area contributed by atoms with Crippen LogP contribution in [-0.2, 0) is 9.53 Å². The summed E-state index contributed by atoms with van der Waals surface area (Å²) < 4.78 is 5.56. The Morgan fingerprint density at radius 2 is 1.94 bits per heavy atom. The van der Waals surface area contributed by atoms with E-state index in [0.717, 1.165) is 17.7 Å². The molecule has 0 aromatic heterocycles. The minimum Gasteiger partial charge on any atom is -0.358 e. The Bertz CT molecular complexity index is 260. The van der Waals surface area contributed by atoms with E-state index in [2.05, 4.69) is 0 Å². The lowest BCUT2D eigenvalue weighted by molar-refractivity contribution is -0.138. The van der Waals surface area contributed by atoms with Gasteiger partial charge in [0.25, 0.3) is 0 Å². The lowest BCUT2D eigenvalue weighted by Crippen LogP contribution is -2.40. The highest BCUT2D eigenvalue weighted by Gasteiger charge is 2.21. The molecule has 1 unspecified atom stereocenters. The first-order valence-corrected chi connectivity index (χ1v) is 6.12. The summed E-state index contributed by atoms with van der Waals surface area (Å²) in [6, 6.07) is 0. The summed E-state index contributed by atoms with van der Waals surface area (Å²) in [5.74, 6) is -0.145. The number of alkyl halides is 1. The van der Waals surface area contributed by atoms with Crippen LogP contribution in [0.5, 0.6) is 0 Å². The second-order valence-electron chi connectivity index (χ2n) is 3.95. The minimum atomic E-state index is -0.263. The number of rotatable bonds is 6. The molecular formula is C12H22ClNO2. The van der Waals surface area contributed by atoms with Crippen LogP contribution in [0.2, 0.25) is 0 Å². The zero-order valence-electron chi connectivity index (χ0n) is 10.8. The molecular weight excluding hydrogens is 226 g/mol. The number of hydrogen-bond donors (Lipinski definition) is 0. The van der Waals surface area contributed by atoms with E-state index in [9.17, 15) is 4.79 Å². The third-order valence-electron chi connectivity index (χ3n) is 2.39. The Kier molecular flexibility index (Phi) is 7.43. The monoisotopic (exact) mass is 247 g/mol. The van der Waals surface area contributed by atoms with Gasteiger partial charge < -0.3 is 4.74 Å². The van der Waals surface area contributed by atoms with Gasteiger partial charge in [-0.2, -0.15) is 0 Å². The number of carbonyl (C=O) groups excluding carboxylic acids is 1. The highest BCUT2D eigenvalue weighted by molar-refractivity contribution is 6.27. The van der Waals surface area contributed by atoms with Crippen LogP contribution >= 0.6 is 11.6 Å². The van der Waals surface area contributed by atoms with Crippen LogP contribution in [-0.4, -0.2) is 29.5 Å². The number of halogens is 1. The standard InChI is InChI=1S/C12H22ClNO2/c1-6-7-16-11(5)14(12(15)8-13)10(4)9(2)3/h11H,6-8H2,1-5H3. The molecule has 0 aromatic rings. The summed E-state index contributed by atoms with van der Waals surface area (Å²) in [6.07, 6.45) is 0.669. The van der Waals surface area contributed by atoms with E-state index >= 15 is 0 Å². The first-order chi connectivity index (χ1) is 7.45. The molecule has 0 fully saturated rings. The largest absolute Gasteiger partial charge is 0.358 e. The third kappa shape index (κ3) is 4.54. The van der Waals surface area contributed by atoms with E-state index in [1.54, 1.807) is 4.90 Å². The molecule has 0 aliphatic carbocycles. The predicted molar refractivity (Wildman–Crippen MR) is 67.3 cm³/mol. The highest BCUT2D eigenvalue weighted by Crippen LogP contribution is 2.15. The Balaban J connectivity index is 4.81. The van der Waals surface area contributed by atoms with Crippen molar-refractivity contribution in [2.24, 2.45) is 0 Å². The molecule has 0 radical (unpaired) electrons. The van der Waals surface area contributed by atoms with E-state index in [4.69, 9.17) is 16.3 Å². The maximum Gasteiger partial charge on any atom is 0.243 e. The van der Waals surface area contributed by atoms with Crippen molar-refractivity contribution in [1.82, 2.24) is 4.90 Å². The van der Waals surface area contributed by atoms with E-state index < -0.39 is 0 Å². The van der Waals surface area contributed by atoms with Crippen LogP contribution in [0.25, 0.3) is 0 Å². The molecule has 3 nitrogen and oxygen atoms in total. The Morgan fingerprint density at radius 1 is 1.38 bits per heavy atom. The van der Waals surface area contributed by atoms with Crippen molar-refractivity contribution in [3.8, 4) is 0 Å². The quantitative estimate of drug-likeness (QED) is 0.533. The van der Waals surface area contributed by atoms with E-state index in [-0.39, 0.29) is 18.0 Å². The molecule has 4 heteroatoms. The van der Waals surface area contributed by atoms with Crippen molar-refractivity contribution in [1.29, 1.82) is 0 Å². The van der Waals surface area contributed by atoms with Crippen molar-refractivity contribution >= 4 is 17.5 Å². The lowest BCUT2D eigenvalue weighted by atomic mass is 10.2. The van der Waals surface area contributed by atoms with Crippen molar-refractivity contribution < 1.29 is 9.53 Å². The summed E-state index contributed by atoms with van der Waals surface area (Å²) in [4.78, 5) is 13.4. The normalized spacial score (nSPS) is 12.1. The van der Waals surface area contributed by atoms with E-state index in [1.165, 1.54) is 0 Å². The van der Waals surface area contributed by atoms with Gasteiger partial charge in [-0.15, -0.1) is 11.6 Å². The van der Waals surface area contributed by atoms with Crippen LogP contribution in [0.3, 0.4) is 0 Å². The van der Waals surface area contributed by atoms with Crippen LogP contribution in [0.15, 0.2) is 11.3 Å². The first-order valence-electron chi connectivity index (χ1n) is 5.59. The van der Waals surface area contributed by atoms with Crippen LogP contribution in [0.4, 0.5) is 0 Å². The molecule has 0 spiro atoms. The minimum absolute atomic E-state index is 0.0234. The molecule has 0 saturated heterocycles. The molecule has 16 heavy (non-hydrogen) atoms. The number of ether oxygens (including phenoxy) is 1. The Hall–Kier alpha value is -0.540. The van der Waals surface area contributed by atoms with Gasteiger partial charge >= 0.3 is 0 Å². The van der Waals surface area contributed by atoms with Crippen molar-refractivity contribution in [2.45, 2.75) is 47.3 Å². The molecule has 0 bridgehead atoms. The maximum atomic E-state index is 11.7. The summed E-state index contributed by atoms with van der Waals surface area (Å²) in [6.45, 7) is 10.4. The summed E-state index contributed by atoms with van der Waals surface area (Å²) in [5, 5.41) is 0.